The molecule has 2 rings (SSSR count). The van der Waals surface area contributed by atoms with Crippen molar-refractivity contribution in [2.24, 2.45) is 11.1 Å². The lowest BCUT2D eigenvalue weighted by molar-refractivity contribution is -0.122. The van der Waals surface area contributed by atoms with Crippen LogP contribution in [0.2, 0.25) is 0 Å². The molecule has 0 bridgehead atoms. The summed E-state index contributed by atoms with van der Waals surface area (Å²) < 4.78 is 5.11. The number of nitrogens with two attached hydrogens (primary N) is 1. The highest BCUT2D eigenvalue weighted by molar-refractivity contribution is 5.81. The van der Waals surface area contributed by atoms with Gasteiger partial charge in [-0.3, -0.25) is 4.79 Å². The van der Waals surface area contributed by atoms with E-state index < -0.39 is 6.04 Å². The standard InChI is InChI=1S/C16H24N2O2/c1-20-10-9-16(7-8-16)12-18-15(19)14(17)11-13-5-3-2-4-6-13/h2-6,14H,7-12,17H2,1H3,(H,18,19). The van der Waals surface area contributed by atoms with E-state index in [1.54, 1.807) is 7.11 Å². The number of carbonyl (C=O) groups is 1. The Balaban J connectivity index is 1.74. The SMILES string of the molecule is COCCC1(CNC(=O)C(N)Cc2ccccc2)CC1. The summed E-state index contributed by atoms with van der Waals surface area (Å²) in [4.78, 5) is 12.0. The zero-order valence-electron chi connectivity index (χ0n) is 12.1. The van der Waals surface area contributed by atoms with E-state index in [0.717, 1.165) is 25.1 Å². The van der Waals surface area contributed by atoms with E-state index in [1.165, 1.54) is 12.8 Å². The summed E-state index contributed by atoms with van der Waals surface area (Å²) in [5.74, 6) is -0.0578. The quantitative estimate of drug-likeness (QED) is 0.756. The van der Waals surface area contributed by atoms with Gasteiger partial charge >= 0.3 is 0 Å². The van der Waals surface area contributed by atoms with Crippen molar-refractivity contribution in [3.63, 3.8) is 0 Å². The van der Waals surface area contributed by atoms with Crippen molar-refractivity contribution in [1.29, 1.82) is 0 Å². The first-order chi connectivity index (χ1) is 9.65. The van der Waals surface area contributed by atoms with Crippen molar-refractivity contribution in [3.05, 3.63) is 35.9 Å². The first-order valence-corrected chi connectivity index (χ1v) is 7.21. The Labute approximate surface area is 120 Å². The second kappa shape index (κ2) is 6.86. The molecule has 0 aromatic heterocycles. The molecule has 3 N–H and O–H groups in total. The highest BCUT2D eigenvalue weighted by atomic mass is 16.5. The maximum atomic E-state index is 12.0. The van der Waals surface area contributed by atoms with Crippen molar-refractivity contribution < 1.29 is 9.53 Å². The number of methoxy groups -OCH3 is 1. The van der Waals surface area contributed by atoms with E-state index in [1.807, 2.05) is 30.3 Å². The van der Waals surface area contributed by atoms with E-state index >= 15 is 0 Å². The molecule has 1 unspecified atom stereocenters. The molecule has 0 aliphatic heterocycles. The van der Waals surface area contributed by atoms with Crippen molar-refractivity contribution in [2.45, 2.75) is 31.7 Å². The van der Waals surface area contributed by atoms with Gasteiger partial charge in [0.15, 0.2) is 0 Å². The lowest BCUT2D eigenvalue weighted by Gasteiger charge is -2.18. The molecule has 1 aromatic carbocycles. The lowest BCUT2D eigenvalue weighted by Crippen LogP contribution is -2.44. The van der Waals surface area contributed by atoms with Crippen LogP contribution >= 0.6 is 0 Å². The molecular formula is C16H24N2O2. The number of amides is 1. The molecule has 20 heavy (non-hydrogen) atoms. The van der Waals surface area contributed by atoms with Crippen LogP contribution in [0.25, 0.3) is 0 Å². The predicted octanol–water partition coefficient (Wildman–Crippen LogP) is 1.49. The first kappa shape index (κ1) is 15.0. The summed E-state index contributed by atoms with van der Waals surface area (Å²) in [6, 6.07) is 9.40. The minimum Gasteiger partial charge on any atom is -0.385 e. The fourth-order valence-electron chi connectivity index (χ4n) is 2.38. The van der Waals surface area contributed by atoms with Crippen molar-refractivity contribution >= 4 is 5.91 Å². The predicted molar refractivity (Wildman–Crippen MR) is 79.3 cm³/mol. The Kier molecular flexibility index (Phi) is 5.15. The molecular weight excluding hydrogens is 252 g/mol. The summed E-state index contributed by atoms with van der Waals surface area (Å²) >= 11 is 0. The first-order valence-electron chi connectivity index (χ1n) is 7.21. The van der Waals surface area contributed by atoms with Gasteiger partial charge in [-0.2, -0.15) is 0 Å². The van der Waals surface area contributed by atoms with Gasteiger partial charge in [-0.05, 0) is 36.7 Å². The normalized spacial score (nSPS) is 17.5. The van der Waals surface area contributed by atoms with E-state index in [2.05, 4.69) is 5.32 Å². The third-order valence-electron chi connectivity index (χ3n) is 4.07. The van der Waals surface area contributed by atoms with Crippen LogP contribution in [0.15, 0.2) is 30.3 Å². The fraction of sp³-hybridized carbons (Fsp3) is 0.562. The molecule has 1 fully saturated rings. The fourth-order valence-corrected chi connectivity index (χ4v) is 2.38. The summed E-state index contributed by atoms with van der Waals surface area (Å²) in [5, 5.41) is 2.99. The molecule has 1 aliphatic rings. The summed E-state index contributed by atoms with van der Waals surface area (Å²) in [7, 11) is 1.71. The van der Waals surface area contributed by atoms with Crippen LogP contribution in [0.1, 0.15) is 24.8 Å². The van der Waals surface area contributed by atoms with Crippen molar-refractivity contribution in [2.75, 3.05) is 20.3 Å². The van der Waals surface area contributed by atoms with Gasteiger partial charge in [0.2, 0.25) is 5.91 Å². The summed E-state index contributed by atoms with van der Waals surface area (Å²) in [6.45, 7) is 1.48. The van der Waals surface area contributed by atoms with Gasteiger partial charge in [-0.25, -0.2) is 0 Å². The Bertz CT molecular complexity index is 429. The Morgan fingerprint density at radius 2 is 2.10 bits per heavy atom. The average molecular weight is 276 g/mol. The van der Waals surface area contributed by atoms with Gasteiger partial charge in [-0.1, -0.05) is 30.3 Å². The summed E-state index contributed by atoms with van der Waals surface area (Å²) in [5.41, 5.74) is 7.32. The van der Waals surface area contributed by atoms with Gasteiger partial charge in [-0.15, -0.1) is 0 Å². The molecule has 1 saturated carbocycles. The van der Waals surface area contributed by atoms with Crippen LogP contribution in [0.4, 0.5) is 0 Å². The molecule has 4 heteroatoms. The number of hydrogen-bond donors (Lipinski definition) is 2. The smallest absolute Gasteiger partial charge is 0.237 e. The number of carbonyl (C=O) groups excluding carboxylic acids is 1. The molecule has 0 radical (unpaired) electrons. The van der Waals surface area contributed by atoms with Gasteiger partial charge in [0.05, 0.1) is 6.04 Å². The maximum Gasteiger partial charge on any atom is 0.237 e. The Morgan fingerprint density at radius 3 is 2.70 bits per heavy atom. The van der Waals surface area contributed by atoms with E-state index in [9.17, 15) is 4.79 Å². The van der Waals surface area contributed by atoms with Crippen LogP contribution in [0, 0.1) is 5.41 Å². The monoisotopic (exact) mass is 276 g/mol. The van der Waals surface area contributed by atoms with Gasteiger partial charge in [0.1, 0.15) is 0 Å². The molecule has 1 aliphatic carbocycles. The molecule has 1 amide bonds. The molecule has 4 nitrogen and oxygen atoms in total. The number of ether oxygens (including phenoxy) is 1. The highest BCUT2D eigenvalue weighted by Crippen LogP contribution is 2.48. The van der Waals surface area contributed by atoms with Crippen molar-refractivity contribution in [3.8, 4) is 0 Å². The minimum absolute atomic E-state index is 0.0578. The molecule has 0 heterocycles. The minimum atomic E-state index is -0.476. The molecule has 1 aromatic rings. The Hall–Kier alpha value is -1.39. The number of rotatable bonds is 8. The average Bonchev–Trinajstić information content (AvgIpc) is 3.24. The van der Waals surface area contributed by atoms with Crippen LogP contribution in [-0.2, 0) is 16.0 Å². The van der Waals surface area contributed by atoms with Crippen LogP contribution in [-0.4, -0.2) is 32.2 Å². The van der Waals surface area contributed by atoms with Crippen LogP contribution < -0.4 is 11.1 Å². The molecule has 0 saturated heterocycles. The number of benzene rings is 1. The van der Waals surface area contributed by atoms with E-state index in [4.69, 9.17) is 10.5 Å². The molecule has 110 valence electrons. The second-order valence-corrected chi connectivity index (χ2v) is 5.76. The number of nitrogens with one attached hydrogen (secondary N) is 1. The van der Waals surface area contributed by atoms with E-state index in [0.29, 0.717) is 6.42 Å². The highest BCUT2D eigenvalue weighted by Gasteiger charge is 2.42. The van der Waals surface area contributed by atoms with Crippen LogP contribution in [0.5, 0.6) is 0 Å². The Morgan fingerprint density at radius 1 is 1.40 bits per heavy atom. The maximum absolute atomic E-state index is 12.0. The van der Waals surface area contributed by atoms with Gasteiger partial charge in [0, 0.05) is 20.3 Å². The third-order valence-corrected chi connectivity index (χ3v) is 4.07. The number of hydrogen-bond acceptors (Lipinski definition) is 3. The molecule has 0 spiro atoms. The topological polar surface area (TPSA) is 64.3 Å². The largest absolute Gasteiger partial charge is 0.385 e. The van der Waals surface area contributed by atoms with Gasteiger partial charge in [0.25, 0.3) is 0 Å². The third kappa shape index (κ3) is 4.32. The van der Waals surface area contributed by atoms with Gasteiger partial charge < -0.3 is 15.8 Å². The zero-order valence-corrected chi connectivity index (χ0v) is 12.1. The van der Waals surface area contributed by atoms with Crippen LogP contribution in [0.3, 0.4) is 0 Å². The van der Waals surface area contributed by atoms with E-state index in [-0.39, 0.29) is 11.3 Å². The molecule has 1 atom stereocenters. The zero-order chi connectivity index (χ0) is 14.4. The summed E-state index contributed by atoms with van der Waals surface area (Å²) in [6.07, 6.45) is 3.94. The van der Waals surface area contributed by atoms with Crippen molar-refractivity contribution in [1.82, 2.24) is 5.32 Å². The lowest BCUT2D eigenvalue weighted by atomic mass is 10.0. The second-order valence-electron chi connectivity index (χ2n) is 5.76.